The van der Waals surface area contributed by atoms with Gasteiger partial charge in [-0.05, 0) is 18.2 Å². The van der Waals surface area contributed by atoms with Crippen LogP contribution in [0.3, 0.4) is 0 Å². The first-order valence-corrected chi connectivity index (χ1v) is 4.88. The number of aldehydes is 1. The SMILES string of the molecule is O=Cc1c(O)sc2ccc(S)cc12. The minimum Gasteiger partial charge on any atom is -0.499 e. The summed E-state index contributed by atoms with van der Waals surface area (Å²) in [7, 11) is 0. The Bertz CT molecular complexity index is 474. The summed E-state index contributed by atoms with van der Waals surface area (Å²) in [5, 5.41) is 10.2. The average Bonchev–Trinajstić information content (AvgIpc) is 2.40. The van der Waals surface area contributed by atoms with E-state index in [9.17, 15) is 9.90 Å². The van der Waals surface area contributed by atoms with Gasteiger partial charge >= 0.3 is 0 Å². The Kier molecular flexibility index (Phi) is 2.01. The van der Waals surface area contributed by atoms with Crippen molar-refractivity contribution in [2.24, 2.45) is 0 Å². The van der Waals surface area contributed by atoms with E-state index in [2.05, 4.69) is 12.6 Å². The molecule has 1 heterocycles. The molecule has 0 saturated carbocycles. The van der Waals surface area contributed by atoms with E-state index >= 15 is 0 Å². The standard InChI is InChI=1S/C9H6O2S2/c10-4-7-6-3-5(12)1-2-8(6)13-9(7)11/h1-4,11-12H. The smallest absolute Gasteiger partial charge is 0.183 e. The molecule has 0 aliphatic rings. The van der Waals surface area contributed by atoms with Crippen LogP contribution >= 0.6 is 24.0 Å². The molecule has 1 aromatic heterocycles. The maximum Gasteiger partial charge on any atom is 0.183 e. The van der Waals surface area contributed by atoms with Gasteiger partial charge in [0, 0.05) is 15.0 Å². The molecule has 4 heteroatoms. The second-order valence-electron chi connectivity index (χ2n) is 2.62. The van der Waals surface area contributed by atoms with Crippen molar-refractivity contribution < 1.29 is 9.90 Å². The molecular weight excluding hydrogens is 204 g/mol. The molecule has 1 aromatic carbocycles. The molecule has 2 rings (SSSR count). The number of fused-ring (bicyclic) bond motifs is 1. The third-order valence-electron chi connectivity index (χ3n) is 1.81. The summed E-state index contributed by atoms with van der Waals surface area (Å²) in [4.78, 5) is 11.4. The topological polar surface area (TPSA) is 37.3 Å². The monoisotopic (exact) mass is 210 g/mol. The molecule has 0 bridgehead atoms. The second-order valence-corrected chi connectivity index (χ2v) is 4.17. The van der Waals surface area contributed by atoms with Crippen molar-refractivity contribution in [3.63, 3.8) is 0 Å². The van der Waals surface area contributed by atoms with Crippen molar-refractivity contribution in [2.45, 2.75) is 4.90 Å². The van der Waals surface area contributed by atoms with Gasteiger partial charge in [-0.3, -0.25) is 4.79 Å². The van der Waals surface area contributed by atoms with E-state index in [1.807, 2.05) is 12.1 Å². The first-order chi connectivity index (χ1) is 6.22. The highest BCUT2D eigenvalue weighted by Gasteiger charge is 2.09. The molecule has 0 aliphatic carbocycles. The fraction of sp³-hybridized carbons (Fsp3) is 0. The molecule has 0 atom stereocenters. The highest BCUT2D eigenvalue weighted by Crippen LogP contribution is 2.36. The van der Waals surface area contributed by atoms with E-state index in [4.69, 9.17) is 0 Å². The van der Waals surface area contributed by atoms with Gasteiger partial charge in [0.2, 0.25) is 0 Å². The predicted octanol–water partition coefficient (Wildman–Crippen LogP) is 2.71. The number of hydrogen-bond acceptors (Lipinski definition) is 4. The largest absolute Gasteiger partial charge is 0.499 e. The van der Waals surface area contributed by atoms with E-state index in [0.29, 0.717) is 11.8 Å². The van der Waals surface area contributed by atoms with Crippen molar-refractivity contribution in [3.8, 4) is 5.06 Å². The van der Waals surface area contributed by atoms with Gasteiger partial charge in [0.05, 0.1) is 5.56 Å². The van der Waals surface area contributed by atoms with E-state index in [1.54, 1.807) is 6.07 Å². The molecule has 13 heavy (non-hydrogen) atoms. The quantitative estimate of drug-likeness (QED) is 0.561. The number of benzene rings is 1. The molecule has 66 valence electrons. The number of carbonyl (C=O) groups excluding carboxylic acids is 1. The summed E-state index contributed by atoms with van der Waals surface area (Å²) in [5.41, 5.74) is 0.357. The third-order valence-corrected chi connectivity index (χ3v) is 3.08. The zero-order valence-electron chi connectivity index (χ0n) is 6.52. The lowest BCUT2D eigenvalue weighted by Gasteiger charge is -1.91. The van der Waals surface area contributed by atoms with Crippen LogP contribution in [0.25, 0.3) is 10.1 Å². The maximum atomic E-state index is 10.6. The van der Waals surface area contributed by atoms with Gasteiger partial charge in [-0.2, -0.15) is 0 Å². The van der Waals surface area contributed by atoms with Gasteiger partial charge in [0.25, 0.3) is 0 Å². The van der Waals surface area contributed by atoms with Crippen LogP contribution in [-0.2, 0) is 0 Å². The summed E-state index contributed by atoms with van der Waals surface area (Å²) < 4.78 is 0.900. The second kappa shape index (κ2) is 3.05. The van der Waals surface area contributed by atoms with Gasteiger partial charge in [-0.15, -0.1) is 12.6 Å². The molecular formula is C9H6O2S2. The minimum absolute atomic E-state index is 0.0731. The highest BCUT2D eigenvalue weighted by molar-refractivity contribution is 7.80. The van der Waals surface area contributed by atoms with Crippen LogP contribution in [0.15, 0.2) is 23.1 Å². The zero-order valence-corrected chi connectivity index (χ0v) is 8.23. The lowest BCUT2D eigenvalue weighted by atomic mass is 10.2. The van der Waals surface area contributed by atoms with Crippen molar-refractivity contribution in [1.29, 1.82) is 0 Å². The molecule has 0 radical (unpaired) electrons. The van der Waals surface area contributed by atoms with Crippen LogP contribution in [0.5, 0.6) is 5.06 Å². The molecule has 0 saturated heterocycles. The van der Waals surface area contributed by atoms with Gasteiger partial charge < -0.3 is 5.11 Å². The number of thiophene rings is 1. The first-order valence-electron chi connectivity index (χ1n) is 3.62. The van der Waals surface area contributed by atoms with Gasteiger partial charge in [0.1, 0.15) is 0 Å². The molecule has 2 nitrogen and oxygen atoms in total. The molecule has 0 amide bonds. The Morgan fingerprint density at radius 3 is 2.92 bits per heavy atom. The van der Waals surface area contributed by atoms with Crippen LogP contribution in [0, 0.1) is 0 Å². The van der Waals surface area contributed by atoms with E-state index in [0.717, 1.165) is 15.0 Å². The summed E-state index contributed by atoms with van der Waals surface area (Å²) in [6.07, 6.45) is 0.668. The van der Waals surface area contributed by atoms with E-state index < -0.39 is 0 Å². The highest BCUT2D eigenvalue weighted by atomic mass is 32.1. The predicted molar refractivity (Wildman–Crippen MR) is 56.1 cm³/mol. The Labute approximate surface area is 84.2 Å². The van der Waals surface area contributed by atoms with Gasteiger partial charge in [-0.1, -0.05) is 11.3 Å². The Hall–Kier alpha value is -1.00. The van der Waals surface area contributed by atoms with Crippen molar-refractivity contribution in [2.75, 3.05) is 0 Å². The molecule has 1 N–H and O–H groups in total. The summed E-state index contributed by atoms with van der Waals surface area (Å²) in [5.74, 6) is 0. The van der Waals surface area contributed by atoms with Crippen molar-refractivity contribution >= 4 is 40.3 Å². The van der Waals surface area contributed by atoms with Crippen LogP contribution in [0.4, 0.5) is 0 Å². The number of aromatic hydroxyl groups is 1. The molecule has 0 aliphatic heterocycles. The summed E-state index contributed by atoms with van der Waals surface area (Å²) >= 11 is 5.37. The fourth-order valence-electron chi connectivity index (χ4n) is 1.21. The van der Waals surface area contributed by atoms with Crippen molar-refractivity contribution in [1.82, 2.24) is 0 Å². The first kappa shape index (κ1) is 8.59. The molecule has 2 aromatic rings. The molecule has 0 unspecified atom stereocenters. The van der Waals surface area contributed by atoms with E-state index in [-0.39, 0.29) is 5.06 Å². The molecule has 0 spiro atoms. The van der Waals surface area contributed by atoms with Crippen LogP contribution in [0.2, 0.25) is 0 Å². The summed E-state index contributed by atoms with van der Waals surface area (Å²) in [6.45, 7) is 0. The van der Waals surface area contributed by atoms with Gasteiger partial charge in [-0.25, -0.2) is 0 Å². The Balaban J connectivity index is 2.88. The lowest BCUT2D eigenvalue weighted by Crippen LogP contribution is -1.75. The van der Waals surface area contributed by atoms with Gasteiger partial charge in [0.15, 0.2) is 11.3 Å². The summed E-state index contributed by atoms with van der Waals surface area (Å²) in [6, 6.07) is 5.45. The maximum absolute atomic E-state index is 10.6. The number of rotatable bonds is 1. The lowest BCUT2D eigenvalue weighted by molar-refractivity contribution is 0.112. The Morgan fingerprint density at radius 2 is 2.23 bits per heavy atom. The van der Waals surface area contributed by atoms with Crippen LogP contribution < -0.4 is 0 Å². The minimum atomic E-state index is 0.0731. The fourth-order valence-corrected chi connectivity index (χ4v) is 2.30. The molecule has 0 fully saturated rings. The van der Waals surface area contributed by atoms with Crippen LogP contribution in [0.1, 0.15) is 10.4 Å². The normalized spacial score (nSPS) is 10.5. The number of hydrogen-bond donors (Lipinski definition) is 2. The average molecular weight is 210 g/mol. The zero-order chi connectivity index (χ0) is 9.42. The van der Waals surface area contributed by atoms with Crippen LogP contribution in [-0.4, -0.2) is 11.4 Å². The van der Waals surface area contributed by atoms with Crippen molar-refractivity contribution in [3.05, 3.63) is 23.8 Å². The number of thiol groups is 1. The third kappa shape index (κ3) is 1.32. The number of carbonyl (C=O) groups is 1. The van der Waals surface area contributed by atoms with E-state index in [1.165, 1.54) is 11.3 Å². The Morgan fingerprint density at radius 1 is 1.46 bits per heavy atom.